The van der Waals surface area contributed by atoms with Gasteiger partial charge in [-0.2, -0.15) is 5.26 Å². The number of phenols is 2. The van der Waals surface area contributed by atoms with E-state index < -0.39 is 14.7 Å². The van der Waals surface area contributed by atoms with Crippen LogP contribution in [0.2, 0.25) is 0 Å². The molecular weight excluding hydrogens is 450 g/mol. The van der Waals surface area contributed by atoms with Crippen LogP contribution < -0.4 is 0 Å². The number of phenolic OH excluding ortho intramolecular Hbond substituents is 2. The van der Waals surface area contributed by atoms with Crippen LogP contribution in [-0.2, 0) is 9.84 Å². The normalized spacial score (nSPS) is 12.0. The number of nitrogens with zero attached hydrogens (tertiary/aromatic N) is 1. The van der Waals surface area contributed by atoms with Gasteiger partial charge in [0.15, 0.2) is 0 Å². The van der Waals surface area contributed by atoms with E-state index in [0.717, 1.165) is 6.08 Å². The first-order valence-corrected chi connectivity index (χ1v) is 9.17. The number of sulfone groups is 1. The lowest BCUT2D eigenvalue weighted by Crippen LogP contribution is -2.03. The van der Waals surface area contributed by atoms with Crippen molar-refractivity contribution in [3.05, 3.63) is 55.8 Å². The van der Waals surface area contributed by atoms with Crippen molar-refractivity contribution in [2.24, 2.45) is 0 Å². The van der Waals surface area contributed by atoms with Gasteiger partial charge in [-0.25, -0.2) is 8.42 Å². The van der Waals surface area contributed by atoms with Crippen molar-refractivity contribution in [3.8, 4) is 17.6 Å². The van der Waals surface area contributed by atoms with Gasteiger partial charge in [-0.3, -0.25) is 0 Å². The molecule has 0 heterocycles. The highest BCUT2D eigenvalue weighted by molar-refractivity contribution is 9.11. The van der Waals surface area contributed by atoms with E-state index >= 15 is 0 Å². The zero-order chi connectivity index (χ0) is 17.2. The molecule has 2 rings (SSSR count). The number of halogens is 2. The summed E-state index contributed by atoms with van der Waals surface area (Å²) in [5.74, 6) is -0.606. The van der Waals surface area contributed by atoms with E-state index in [2.05, 4.69) is 31.9 Å². The van der Waals surface area contributed by atoms with Crippen LogP contribution in [0.15, 0.2) is 55.1 Å². The van der Waals surface area contributed by atoms with Crippen molar-refractivity contribution < 1.29 is 18.6 Å². The summed E-state index contributed by atoms with van der Waals surface area (Å²) in [6.07, 6.45) is 1.05. The Kier molecular flexibility index (Phi) is 5.14. The van der Waals surface area contributed by atoms with Crippen LogP contribution in [0.25, 0.3) is 6.08 Å². The fraction of sp³-hybridized carbons (Fsp3) is 0. The highest BCUT2D eigenvalue weighted by atomic mass is 79.9. The van der Waals surface area contributed by atoms with E-state index in [-0.39, 0.29) is 30.9 Å². The average Bonchev–Trinajstić information content (AvgIpc) is 2.55. The first-order valence-electron chi connectivity index (χ1n) is 6.11. The molecule has 2 aromatic carbocycles. The second kappa shape index (κ2) is 6.74. The number of hydrogen-bond acceptors (Lipinski definition) is 5. The maximum Gasteiger partial charge on any atom is 0.216 e. The van der Waals surface area contributed by atoms with Crippen LogP contribution in [0, 0.1) is 11.3 Å². The van der Waals surface area contributed by atoms with E-state index in [1.165, 1.54) is 18.2 Å². The average molecular weight is 459 g/mol. The van der Waals surface area contributed by atoms with Crippen molar-refractivity contribution in [1.29, 1.82) is 5.26 Å². The van der Waals surface area contributed by atoms with Crippen molar-refractivity contribution in [2.75, 3.05) is 0 Å². The van der Waals surface area contributed by atoms with Gasteiger partial charge in [0.2, 0.25) is 9.84 Å². The van der Waals surface area contributed by atoms with Crippen LogP contribution in [-0.4, -0.2) is 18.6 Å². The molecule has 0 aliphatic carbocycles. The monoisotopic (exact) mass is 457 g/mol. The Balaban J connectivity index is 2.64. The Hall–Kier alpha value is -1.82. The molecule has 2 N–H and O–H groups in total. The Morgan fingerprint density at radius 3 is 2.30 bits per heavy atom. The third-order valence-corrected chi connectivity index (χ3v) is 5.97. The van der Waals surface area contributed by atoms with Gasteiger partial charge in [0.1, 0.15) is 26.9 Å². The van der Waals surface area contributed by atoms with Gasteiger partial charge in [-0.05, 0) is 56.1 Å². The van der Waals surface area contributed by atoms with Gasteiger partial charge in [0.25, 0.3) is 0 Å². The molecule has 0 saturated heterocycles. The fourth-order valence-corrected chi connectivity index (χ4v) is 4.09. The van der Waals surface area contributed by atoms with Crippen molar-refractivity contribution in [3.63, 3.8) is 0 Å². The summed E-state index contributed by atoms with van der Waals surface area (Å²) in [6, 6.07) is 10.5. The Labute approximate surface area is 149 Å². The van der Waals surface area contributed by atoms with Gasteiger partial charge in [0, 0.05) is 5.56 Å². The van der Waals surface area contributed by atoms with Crippen LogP contribution >= 0.6 is 31.9 Å². The summed E-state index contributed by atoms with van der Waals surface area (Å²) >= 11 is 6.08. The summed E-state index contributed by atoms with van der Waals surface area (Å²) in [5.41, 5.74) is 0.0672. The highest BCUT2D eigenvalue weighted by Crippen LogP contribution is 2.42. The zero-order valence-corrected chi connectivity index (χ0v) is 15.4. The molecule has 0 amide bonds. The quantitative estimate of drug-likeness (QED) is 0.678. The molecule has 2 aromatic rings. The molecule has 0 unspecified atom stereocenters. The molecule has 0 aromatic heterocycles. The standard InChI is InChI=1S/C15H9Br2NO4S/c16-12-7-9(14(19)13(17)15(12)20)6-11(8-18)23(21,22)10-4-2-1-3-5-10/h1-7,19-20H. The second-order valence-corrected chi connectivity index (χ2v) is 7.96. The van der Waals surface area contributed by atoms with E-state index in [1.807, 2.05) is 0 Å². The molecule has 0 aliphatic heterocycles. The number of rotatable bonds is 3. The van der Waals surface area contributed by atoms with E-state index in [0.29, 0.717) is 0 Å². The summed E-state index contributed by atoms with van der Waals surface area (Å²) in [7, 11) is -4.01. The number of aromatic hydroxyl groups is 2. The summed E-state index contributed by atoms with van der Waals surface area (Å²) in [4.78, 5) is -0.548. The lowest BCUT2D eigenvalue weighted by molar-refractivity contribution is 0.441. The molecule has 0 fully saturated rings. The third kappa shape index (κ3) is 3.42. The molecule has 0 bridgehead atoms. The van der Waals surface area contributed by atoms with Crippen molar-refractivity contribution >= 4 is 47.8 Å². The molecule has 0 saturated carbocycles. The molecule has 0 spiro atoms. The molecule has 8 heteroatoms. The van der Waals surface area contributed by atoms with Crippen LogP contribution in [0.1, 0.15) is 5.56 Å². The van der Waals surface area contributed by atoms with E-state index in [4.69, 9.17) is 0 Å². The molecule has 0 aliphatic rings. The molecule has 0 atom stereocenters. The first-order chi connectivity index (χ1) is 10.8. The second-order valence-electron chi connectivity index (χ2n) is 4.40. The number of hydrogen-bond donors (Lipinski definition) is 2. The molecular formula is C15H9Br2NO4S. The minimum Gasteiger partial charge on any atom is -0.506 e. The summed E-state index contributed by atoms with van der Waals surface area (Å²) in [5, 5.41) is 28.9. The van der Waals surface area contributed by atoms with E-state index in [9.17, 15) is 23.9 Å². The maximum atomic E-state index is 12.5. The Bertz CT molecular complexity index is 932. The van der Waals surface area contributed by atoms with Gasteiger partial charge in [0.05, 0.1) is 9.37 Å². The van der Waals surface area contributed by atoms with Crippen molar-refractivity contribution in [2.45, 2.75) is 4.90 Å². The summed E-state index contributed by atoms with van der Waals surface area (Å²) in [6.45, 7) is 0. The number of nitriles is 1. The topological polar surface area (TPSA) is 98.4 Å². The maximum absolute atomic E-state index is 12.5. The smallest absolute Gasteiger partial charge is 0.216 e. The SMILES string of the molecule is N#CC(=Cc1cc(Br)c(O)c(Br)c1O)S(=O)(=O)c1ccccc1. The highest BCUT2D eigenvalue weighted by Gasteiger charge is 2.22. The van der Waals surface area contributed by atoms with Gasteiger partial charge in [-0.1, -0.05) is 18.2 Å². The minimum absolute atomic E-state index is 0.00692. The molecule has 118 valence electrons. The lowest BCUT2D eigenvalue weighted by atomic mass is 10.2. The zero-order valence-electron chi connectivity index (χ0n) is 11.4. The van der Waals surface area contributed by atoms with Gasteiger partial charge < -0.3 is 10.2 Å². The molecule has 5 nitrogen and oxygen atoms in total. The van der Waals surface area contributed by atoms with E-state index in [1.54, 1.807) is 24.3 Å². The summed E-state index contributed by atoms with van der Waals surface area (Å²) < 4.78 is 25.2. The lowest BCUT2D eigenvalue weighted by Gasteiger charge is -2.08. The van der Waals surface area contributed by atoms with Crippen LogP contribution in [0.3, 0.4) is 0 Å². The van der Waals surface area contributed by atoms with Crippen molar-refractivity contribution in [1.82, 2.24) is 0 Å². The van der Waals surface area contributed by atoms with Gasteiger partial charge in [-0.15, -0.1) is 0 Å². The third-order valence-electron chi connectivity index (χ3n) is 2.94. The Morgan fingerprint density at radius 2 is 1.74 bits per heavy atom. The minimum atomic E-state index is -4.01. The predicted octanol–water partition coefficient (Wildman–Crippen LogP) is 3.96. The first kappa shape index (κ1) is 17.5. The Morgan fingerprint density at radius 1 is 1.13 bits per heavy atom. The molecule has 23 heavy (non-hydrogen) atoms. The van der Waals surface area contributed by atoms with Gasteiger partial charge >= 0.3 is 0 Å². The van der Waals surface area contributed by atoms with Crippen LogP contribution in [0.4, 0.5) is 0 Å². The largest absolute Gasteiger partial charge is 0.506 e. The predicted molar refractivity (Wildman–Crippen MR) is 92.4 cm³/mol. The number of allylic oxidation sites excluding steroid dienone is 1. The van der Waals surface area contributed by atoms with Crippen LogP contribution in [0.5, 0.6) is 11.5 Å². The number of benzene rings is 2. The fourth-order valence-electron chi connectivity index (χ4n) is 1.76. The molecule has 0 radical (unpaired) electrons.